The molecule has 0 radical (unpaired) electrons. The van der Waals surface area contributed by atoms with Gasteiger partial charge in [-0.3, -0.25) is 9.59 Å². The molecule has 0 spiro atoms. The van der Waals surface area contributed by atoms with Gasteiger partial charge in [0.2, 0.25) is 11.8 Å². The van der Waals surface area contributed by atoms with E-state index in [-0.39, 0.29) is 17.1 Å². The molecule has 0 heterocycles. The highest BCUT2D eigenvalue weighted by molar-refractivity contribution is 9.09. The van der Waals surface area contributed by atoms with Crippen LogP contribution in [0.25, 0.3) is 0 Å². The zero-order valence-corrected chi connectivity index (χ0v) is 9.48. The maximum atomic E-state index is 11.2. The molecule has 0 aliphatic rings. The van der Waals surface area contributed by atoms with Gasteiger partial charge in [-0.05, 0) is 13.3 Å². The van der Waals surface area contributed by atoms with E-state index in [4.69, 9.17) is 0 Å². The minimum absolute atomic E-state index is 0.142. The van der Waals surface area contributed by atoms with Crippen molar-refractivity contribution in [3.05, 3.63) is 0 Å². The monoisotopic (exact) mass is 250 g/mol. The van der Waals surface area contributed by atoms with Crippen LogP contribution in [-0.2, 0) is 9.59 Å². The fourth-order valence-corrected chi connectivity index (χ4v) is 0.909. The summed E-state index contributed by atoms with van der Waals surface area (Å²) in [6.07, 6.45) is 0.894. The molecule has 2 amide bonds. The average Bonchev–Trinajstić information content (AvgIpc) is 2.13. The van der Waals surface area contributed by atoms with Gasteiger partial charge in [0, 0.05) is 6.54 Å². The average molecular weight is 251 g/mol. The summed E-state index contributed by atoms with van der Waals surface area (Å²) in [6.45, 7) is 4.28. The van der Waals surface area contributed by atoms with E-state index in [9.17, 15) is 9.59 Å². The van der Waals surface area contributed by atoms with Gasteiger partial charge in [0.05, 0.1) is 5.33 Å². The second-order valence-corrected chi connectivity index (χ2v) is 3.27. The van der Waals surface area contributed by atoms with Gasteiger partial charge in [0.15, 0.2) is 0 Å². The van der Waals surface area contributed by atoms with Gasteiger partial charge >= 0.3 is 0 Å². The van der Waals surface area contributed by atoms with Gasteiger partial charge in [-0.2, -0.15) is 0 Å². The normalized spacial score (nSPS) is 11.9. The Hall–Kier alpha value is -0.580. The van der Waals surface area contributed by atoms with E-state index in [1.54, 1.807) is 6.92 Å². The van der Waals surface area contributed by atoms with Crippen LogP contribution in [-0.4, -0.2) is 29.7 Å². The number of rotatable bonds is 5. The van der Waals surface area contributed by atoms with Crippen LogP contribution in [0.1, 0.15) is 20.3 Å². The smallest absolute Gasteiger partial charge is 0.242 e. The van der Waals surface area contributed by atoms with Crippen molar-refractivity contribution in [2.24, 2.45) is 0 Å². The Morgan fingerprint density at radius 3 is 2.54 bits per heavy atom. The highest BCUT2D eigenvalue weighted by atomic mass is 79.9. The van der Waals surface area contributed by atoms with Crippen molar-refractivity contribution in [1.29, 1.82) is 0 Å². The molecule has 5 heteroatoms. The molecule has 13 heavy (non-hydrogen) atoms. The van der Waals surface area contributed by atoms with Crippen molar-refractivity contribution in [3.8, 4) is 0 Å². The Labute approximate surface area is 86.6 Å². The summed E-state index contributed by atoms with van der Waals surface area (Å²) in [4.78, 5) is 22.1. The molecule has 1 atom stereocenters. The zero-order chi connectivity index (χ0) is 10.3. The summed E-state index contributed by atoms with van der Waals surface area (Å²) in [5.74, 6) is -0.324. The maximum Gasteiger partial charge on any atom is 0.242 e. The van der Waals surface area contributed by atoms with Crippen molar-refractivity contribution in [2.75, 3.05) is 11.9 Å². The number of amides is 2. The summed E-state index contributed by atoms with van der Waals surface area (Å²) in [7, 11) is 0. The molecule has 1 unspecified atom stereocenters. The number of carbonyl (C=O) groups excluding carboxylic acids is 2. The first-order chi connectivity index (χ1) is 6.11. The van der Waals surface area contributed by atoms with E-state index in [2.05, 4.69) is 26.6 Å². The lowest BCUT2D eigenvalue weighted by molar-refractivity contribution is -0.127. The first kappa shape index (κ1) is 12.4. The summed E-state index contributed by atoms with van der Waals surface area (Å²) >= 11 is 3.00. The lowest BCUT2D eigenvalue weighted by Crippen LogP contribution is -2.45. The van der Waals surface area contributed by atoms with E-state index in [1.807, 2.05) is 6.92 Å². The van der Waals surface area contributed by atoms with Crippen LogP contribution < -0.4 is 10.6 Å². The van der Waals surface area contributed by atoms with Crippen molar-refractivity contribution in [3.63, 3.8) is 0 Å². The van der Waals surface area contributed by atoms with Crippen LogP contribution in [0.4, 0.5) is 0 Å². The van der Waals surface area contributed by atoms with Crippen molar-refractivity contribution < 1.29 is 9.59 Å². The van der Waals surface area contributed by atoms with Crippen LogP contribution in [0, 0.1) is 0 Å². The molecule has 76 valence electrons. The molecule has 0 rings (SSSR count). The molecular formula is C8H15BrN2O2. The fourth-order valence-electron chi connectivity index (χ4n) is 0.747. The first-order valence-corrected chi connectivity index (χ1v) is 5.37. The van der Waals surface area contributed by atoms with Gasteiger partial charge in [0.25, 0.3) is 0 Å². The highest BCUT2D eigenvalue weighted by Crippen LogP contribution is 1.85. The van der Waals surface area contributed by atoms with Crippen LogP contribution >= 0.6 is 15.9 Å². The minimum Gasteiger partial charge on any atom is -0.354 e. The molecule has 0 bridgehead atoms. The third-order valence-corrected chi connectivity index (χ3v) is 1.95. The fraction of sp³-hybridized carbons (Fsp3) is 0.750. The number of hydrogen-bond donors (Lipinski definition) is 2. The topological polar surface area (TPSA) is 58.2 Å². The highest BCUT2D eigenvalue weighted by Gasteiger charge is 2.13. The van der Waals surface area contributed by atoms with Crippen molar-refractivity contribution in [2.45, 2.75) is 26.3 Å². The Morgan fingerprint density at radius 1 is 1.46 bits per heavy atom. The lowest BCUT2D eigenvalue weighted by Gasteiger charge is -2.12. The molecule has 0 aliphatic heterocycles. The molecule has 0 saturated heterocycles. The van der Waals surface area contributed by atoms with Gasteiger partial charge in [-0.1, -0.05) is 22.9 Å². The van der Waals surface area contributed by atoms with Crippen LogP contribution in [0.3, 0.4) is 0 Å². The number of halogens is 1. The molecule has 0 aliphatic carbocycles. The molecule has 0 fully saturated rings. The lowest BCUT2D eigenvalue weighted by atomic mass is 10.3. The third kappa shape index (κ3) is 5.63. The predicted octanol–water partition coefficient (Wildman–Crippen LogP) is 0.412. The van der Waals surface area contributed by atoms with E-state index < -0.39 is 6.04 Å². The van der Waals surface area contributed by atoms with Gasteiger partial charge in [0.1, 0.15) is 6.04 Å². The number of carbonyl (C=O) groups is 2. The molecule has 0 aromatic carbocycles. The zero-order valence-electron chi connectivity index (χ0n) is 7.89. The van der Waals surface area contributed by atoms with Crippen molar-refractivity contribution in [1.82, 2.24) is 10.6 Å². The van der Waals surface area contributed by atoms with Gasteiger partial charge in [-0.25, -0.2) is 0 Å². The Morgan fingerprint density at radius 2 is 2.08 bits per heavy atom. The standard InChI is InChI=1S/C8H15BrN2O2/c1-3-4-10-8(13)6(2)11-7(12)5-9/h6H,3-5H2,1-2H3,(H,10,13)(H,11,12). The number of nitrogens with one attached hydrogen (secondary N) is 2. The largest absolute Gasteiger partial charge is 0.354 e. The summed E-state index contributed by atoms with van der Waals surface area (Å²) in [5, 5.41) is 5.45. The van der Waals surface area contributed by atoms with Crippen LogP contribution in [0.5, 0.6) is 0 Å². The van der Waals surface area contributed by atoms with E-state index in [1.165, 1.54) is 0 Å². The molecule has 4 nitrogen and oxygen atoms in total. The van der Waals surface area contributed by atoms with Crippen LogP contribution in [0.15, 0.2) is 0 Å². The van der Waals surface area contributed by atoms with Gasteiger partial charge < -0.3 is 10.6 Å². The predicted molar refractivity (Wildman–Crippen MR) is 54.7 cm³/mol. The van der Waals surface area contributed by atoms with E-state index >= 15 is 0 Å². The van der Waals surface area contributed by atoms with E-state index in [0.29, 0.717) is 6.54 Å². The summed E-state index contributed by atoms with van der Waals surface area (Å²) in [5.41, 5.74) is 0. The third-order valence-electron chi connectivity index (χ3n) is 1.44. The Kier molecular flexibility index (Phi) is 6.58. The van der Waals surface area contributed by atoms with Gasteiger partial charge in [-0.15, -0.1) is 0 Å². The molecule has 0 aromatic rings. The minimum atomic E-state index is -0.461. The SMILES string of the molecule is CCCNC(=O)C(C)NC(=O)CBr. The quantitative estimate of drug-likeness (QED) is 0.695. The number of alkyl halides is 1. The van der Waals surface area contributed by atoms with Crippen molar-refractivity contribution >= 4 is 27.7 Å². The second-order valence-electron chi connectivity index (χ2n) is 2.71. The second kappa shape index (κ2) is 6.88. The molecule has 2 N–H and O–H groups in total. The Balaban J connectivity index is 3.75. The molecular weight excluding hydrogens is 236 g/mol. The molecule has 0 saturated carbocycles. The van der Waals surface area contributed by atoms with E-state index in [0.717, 1.165) is 6.42 Å². The van der Waals surface area contributed by atoms with Crippen LogP contribution in [0.2, 0.25) is 0 Å². The first-order valence-electron chi connectivity index (χ1n) is 4.24. The summed E-state index contributed by atoms with van der Waals surface area (Å²) in [6, 6.07) is -0.461. The molecule has 0 aromatic heterocycles. The number of hydrogen-bond acceptors (Lipinski definition) is 2. The summed E-state index contributed by atoms with van der Waals surface area (Å²) < 4.78 is 0. The maximum absolute atomic E-state index is 11.2. The Bertz CT molecular complexity index is 185.